The van der Waals surface area contributed by atoms with E-state index in [1.54, 1.807) is 6.07 Å². The Morgan fingerprint density at radius 2 is 1.62 bits per heavy atom. The average Bonchev–Trinajstić information content (AvgIpc) is 2.36. The molecule has 0 fully saturated rings. The first-order chi connectivity index (χ1) is 9.81. The summed E-state index contributed by atoms with van der Waals surface area (Å²) < 4.78 is 65.4. The number of halogens is 3. The van der Waals surface area contributed by atoms with Gasteiger partial charge in [-0.25, -0.2) is 26.3 Å². The third-order valence-electron chi connectivity index (χ3n) is 2.68. The first kappa shape index (κ1) is 15.3. The molecule has 0 spiro atoms. The van der Waals surface area contributed by atoms with Gasteiger partial charge in [0.05, 0.1) is 0 Å². The fraction of sp³-hybridized carbons (Fsp3) is 0.0769. The number of aromatic hydroxyl groups is 1. The van der Waals surface area contributed by atoms with Crippen molar-refractivity contribution >= 4 is 10.0 Å². The Bertz CT molecular complexity index is 755. The zero-order valence-electron chi connectivity index (χ0n) is 10.5. The van der Waals surface area contributed by atoms with Gasteiger partial charge in [-0.1, -0.05) is 18.2 Å². The molecule has 4 nitrogen and oxygen atoms in total. The summed E-state index contributed by atoms with van der Waals surface area (Å²) in [7, 11) is -4.53. The molecule has 0 saturated heterocycles. The van der Waals surface area contributed by atoms with Crippen LogP contribution in [0.2, 0.25) is 0 Å². The third-order valence-corrected chi connectivity index (χ3v) is 4.13. The van der Waals surface area contributed by atoms with Gasteiger partial charge in [0.25, 0.3) is 0 Å². The second kappa shape index (κ2) is 5.74. The van der Waals surface area contributed by atoms with Crippen molar-refractivity contribution in [3.05, 3.63) is 59.4 Å². The maximum Gasteiger partial charge on any atom is 0.246 e. The van der Waals surface area contributed by atoms with Crippen molar-refractivity contribution in [2.24, 2.45) is 0 Å². The second-order valence-electron chi connectivity index (χ2n) is 4.15. The van der Waals surface area contributed by atoms with Crippen molar-refractivity contribution in [3.63, 3.8) is 0 Å². The van der Waals surface area contributed by atoms with Gasteiger partial charge in [0.15, 0.2) is 4.90 Å². The molecule has 2 rings (SSSR count). The Morgan fingerprint density at radius 1 is 1.05 bits per heavy atom. The van der Waals surface area contributed by atoms with E-state index in [2.05, 4.69) is 0 Å². The summed E-state index contributed by atoms with van der Waals surface area (Å²) in [5.41, 5.74) is 0.226. The van der Waals surface area contributed by atoms with E-state index >= 15 is 0 Å². The van der Waals surface area contributed by atoms with Gasteiger partial charge in [-0.2, -0.15) is 0 Å². The van der Waals surface area contributed by atoms with Crippen LogP contribution in [0.4, 0.5) is 13.2 Å². The molecule has 0 radical (unpaired) electrons. The zero-order chi connectivity index (χ0) is 15.6. The van der Waals surface area contributed by atoms with E-state index in [1.807, 2.05) is 4.72 Å². The highest BCUT2D eigenvalue weighted by Crippen LogP contribution is 2.21. The van der Waals surface area contributed by atoms with Gasteiger partial charge in [0, 0.05) is 24.2 Å². The lowest BCUT2D eigenvalue weighted by atomic mass is 10.2. The standard InChI is InChI=1S/C13H10F3NO3S/c14-9-5-10(15)13(11(16)6-9)21(19,20)17-7-8-3-1-2-4-12(8)18/h1-6,17-18H,7H2. The molecule has 0 bridgehead atoms. The van der Waals surface area contributed by atoms with E-state index < -0.39 is 32.4 Å². The van der Waals surface area contributed by atoms with Gasteiger partial charge in [-0.3, -0.25) is 0 Å². The minimum atomic E-state index is -4.53. The molecule has 8 heteroatoms. The van der Waals surface area contributed by atoms with Crippen molar-refractivity contribution in [2.75, 3.05) is 0 Å². The number of para-hydroxylation sites is 1. The third kappa shape index (κ3) is 3.34. The molecule has 0 unspecified atom stereocenters. The molecule has 0 aliphatic carbocycles. The molecule has 0 atom stereocenters. The van der Waals surface area contributed by atoms with E-state index in [9.17, 15) is 26.7 Å². The first-order valence-corrected chi connectivity index (χ1v) is 7.20. The van der Waals surface area contributed by atoms with Crippen LogP contribution in [-0.2, 0) is 16.6 Å². The topological polar surface area (TPSA) is 66.4 Å². The number of rotatable bonds is 4. The number of hydrogen-bond donors (Lipinski definition) is 2. The zero-order valence-corrected chi connectivity index (χ0v) is 11.3. The molecule has 0 aliphatic rings. The van der Waals surface area contributed by atoms with Crippen LogP contribution < -0.4 is 4.72 Å². The molecule has 21 heavy (non-hydrogen) atoms. The van der Waals surface area contributed by atoms with Crippen molar-refractivity contribution in [2.45, 2.75) is 11.4 Å². The summed E-state index contributed by atoms with van der Waals surface area (Å²) in [6.45, 7) is -0.370. The Labute approximate surface area is 118 Å². The fourth-order valence-corrected chi connectivity index (χ4v) is 2.81. The van der Waals surface area contributed by atoms with Gasteiger partial charge in [0.2, 0.25) is 10.0 Å². The van der Waals surface area contributed by atoms with Crippen LogP contribution in [-0.4, -0.2) is 13.5 Å². The molecular weight excluding hydrogens is 307 g/mol. The SMILES string of the molecule is O=S(=O)(NCc1ccccc1O)c1c(F)cc(F)cc1F. The average molecular weight is 317 g/mol. The van der Waals surface area contributed by atoms with Crippen LogP contribution in [0.1, 0.15) is 5.56 Å². The van der Waals surface area contributed by atoms with Gasteiger partial charge < -0.3 is 5.11 Å². The largest absolute Gasteiger partial charge is 0.508 e. The van der Waals surface area contributed by atoms with Gasteiger partial charge >= 0.3 is 0 Å². The van der Waals surface area contributed by atoms with Crippen molar-refractivity contribution < 1.29 is 26.7 Å². The van der Waals surface area contributed by atoms with Gasteiger partial charge in [-0.05, 0) is 6.07 Å². The monoisotopic (exact) mass is 317 g/mol. The Kier molecular flexibility index (Phi) is 4.19. The lowest BCUT2D eigenvalue weighted by Gasteiger charge is -2.09. The molecule has 2 aromatic rings. The first-order valence-electron chi connectivity index (χ1n) is 5.72. The normalized spacial score (nSPS) is 11.6. The summed E-state index contributed by atoms with van der Waals surface area (Å²) in [5, 5.41) is 9.49. The lowest BCUT2D eigenvalue weighted by molar-refractivity contribution is 0.466. The fourth-order valence-electron chi connectivity index (χ4n) is 1.69. The molecule has 2 aromatic carbocycles. The Balaban J connectivity index is 2.30. The molecule has 2 N–H and O–H groups in total. The van der Waals surface area contributed by atoms with Crippen molar-refractivity contribution in [3.8, 4) is 5.75 Å². The molecular formula is C13H10F3NO3S. The summed E-state index contributed by atoms with van der Waals surface area (Å²) >= 11 is 0. The highest BCUT2D eigenvalue weighted by atomic mass is 32.2. The summed E-state index contributed by atoms with van der Waals surface area (Å²) in [5.74, 6) is -4.44. The van der Waals surface area contributed by atoms with E-state index in [-0.39, 0.29) is 30.0 Å². The summed E-state index contributed by atoms with van der Waals surface area (Å²) in [6, 6.07) is 6.42. The highest BCUT2D eigenvalue weighted by Gasteiger charge is 2.25. The van der Waals surface area contributed by atoms with Crippen LogP contribution in [0.3, 0.4) is 0 Å². The number of phenolic OH excluding ortho intramolecular Hbond substituents is 1. The highest BCUT2D eigenvalue weighted by molar-refractivity contribution is 7.89. The molecule has 0 aliphatic heterocycles. The Morgan fingerprint density at radius 3 is 2.19 bits per heavy atom. The van der Waals surface area contributed by atoms with Crippen molar-refractivity contribution in [1.82, 2.24) is 4.72 Å². The predicted molar refractivity (Wildman–Crippen MR) is 68.4 cm³/mol. The van der Waals surface area contributed by atoms with Crippen LogP contribution in [0, 0.1) is 17.5 Å². The number of phenols is 1. The van der Waals surface area contributed by atoms with Crippen LogP contribution >= 0.6 is 0 Å². The Hall–Kier alpha value is -2.06. The molecule has 0 saturated carbocycles. The predicted octanol–water partition coefficient (Wildman–Crippen LogP) is 2.29. The van der Waals surface area contributed by atoms with E-state index in [4.69, 9.17) is 0 Å². The number of benzene rings is 2. The van der Waals surface area contributed by atoms with Gasteiger partial charge in [-0.15, -0.1) is 0 Å². The maximum atomic E-state index is 13.5. The van der Waals surface area contributed by atoms with E-state index in [0.717, 1.165) is 0 Å². The maximum absolute atomic E-state index is 13.5. The van der Waals surface area contributed by atoms with Gasteiger partial charge in [0.1, 0.15) is 23.2 Å². The summed E-state index contributed by atoms with van der Waals surface area (Å²) in [4.78, 5) is -1.26. The molecule has 0 aromatic heterocycles. The lowest BCUT2D eigenvalue weighted by Crippen LogP contribution is -2.25. The van der Waals surface area contributed by atoms with Crippen LogP contribution in [0.25, 0.3) is 0 Å². The molecule has 0 heterocycles. The molecule has 112 valence electrons. The number of sulfonamides is 1. The van der Waals surface area contributed by atoms with Crippen molar-refractivity contribution in [1.29, 1.82) is 0 Å². The van der Waals surface area contributed by atoms with Crippen LogP contribution in [0.5, 0.6) is 5.75 Å². The van der Waals surface area contributed by atoms with E-state index in [1.165, 1.54) is 18.2 Å². The number of nitrogens with one attached hydrogen (secondary N) is 1. The minimum Gasteiger partial charge on any atom is -0.508 e. The number of hydrogen-bond acceptors (Lipinski definition) is 3. The second-order valence-corrected chi connectivity index (χ2v) is 5.86. The summed E-state index contributed by atoms with van der Waals surface area (Å²) in [6.07, 6.45) is 0. The smallest absolute Gasteiger partial charge is 0.246 e. The van der Waals surface area contributed by atoms with Crippen LogP contribution in [0.15, 0.2) is 41.3 Å². The minimum absolute atomic E-state index is 0.166. The quantitative estimate of drug-likeness (QED) is 0.909. The van der Waals surface area contributed by atoms with E-state index in [0.29, 0.717) is 0 Å². The molecule has 0 amide bonds.